The number of nitrogens with zero attached hydrogens (tertiary/aromatic N) is 2. The number of para-hydroxylation sites is 1. The van der Waals surface area contributed by atoms with Crippen molar-refractivity contribution in [3.63, 3.8) is 0 Å². The van der Waals surface area contributed by atoms with Crippen molar-refractivity contribution in [3.8, 4) is 5.75 Å². The smallest absolute Gasteiger partial charge is 0.225 e. The highest BCUT2D eigenvalue weighted by molar-refractivity contribution is 5.89. The normalized spacial score (nSPS) is 10.3. The van der Waals surface area contributed by atoms with E-state index in [0.717, 1.165) is 16.9 Å². The van der Waals surface area contributed by atoms with Crippen molar-refractivity contribution >= 4 is 11.7 Å². The van der Waals surface area contributed by atoms with Crippen molar-refractivity contribution in [2.75, 3.05) is 11.9 Å². The number of aromatic amines is 1. The van der Waals surface area contributed by atoms with Gasteiger partial charge in [0.25, 0.3) is 0 Å². The molecule has 2 N–H and O–H groups in total. The van der Waals surface area contributed by atoms with E-state index in [0.29, 0.717) is 25.3 Å². The van der Waals surface area contributed by atoms with Crippen LogP contribution >= 0.6 is 0 Å². The lowest BCUT2D eigenvalue weighted by molar-refractivity contribution is -0.116. The van der Waals surface area contributed by atoms with Crippen LogP contribution < -0.4 is 10.1 Å². The summed E-state index contributed by atoms with van der Waals surface area (Å²) in [4.78, 5) is 11.6. The third kappa shape index (κ3) is 3.81. The Balaban J connectivity index is 1.72. The summed E-state index contributed by atoms with van der Waals surface area (Å²) in [6.07, 6.45) is 2.50. The molecule has 0 bridgehead atoms. The number of aromatic nitrogens is 3. The largest absolute Gasteiger partial charge is 0.493 e. The van der Waals surface area contributed by atoms with E-state index in [-0.39, 0.29) is 5.91 Å². The van der Waals surface area contributed by atoms with Crippen molar-refractivity contribution in [3.05, 3.63) is 35.5 Å². The van der Waals surface area contributed by atoms with Crippen LogP contribution in [0, 0.1) is 13.8 Å². The van der Waals surface area contributed by atoms with E-state index in [1.54, 1.807) is 0 Å². The van der Waals surface area contributed by atoms with Gasteiger partial charge in [0.2, 0.25) is 5.91 Å². The van der Waals surface area contributed by atoms with Crippen molar-refractivity contribution in [2.24, 2.45) is 0 Å². The number of carbonyl (C=O) groups is 1. The molecule has 1 heterocycles. The van der Waals surface area contributed by atoms with Gasteiger partial charge in [-0.1, -0.05) is 18.2 Å². The van der Waals surface area contributed by atoms with Crippen molar-refractivity contribution in [1.29, 1.82) is 0 Å². The first kappa shape index (κ1) is 14.0. The lowest BCUT2D eigenvalue weighted by Gasteiger charge is -2.11. The van der Waals surface area contributed by atoms with Crippen LogP contribution in [0.1, 0.15) is 24.0 Å². The van der Waals surface area contributed by atoms with Gasteiger partial charge in [0.15, 0.2) is 5.82 Å². The number of hydrogen-bond acceptors (Lipinski definition) is 4. The summed E-state index contributed by atoms with van der Waals surface area (Å²) in [5, 5.41) is 12.5. The first-order chi connectivity index (χ1) is 9.66. The zero-order valence-corrected chi connectivity index (χ0v) is 11.6. The maximum atomic E-state index is 11.6. The molecule has 0 spiro atoms. The summed E-state index contributed by atoms with van der Waals surface area (Å²) in [6.45, 7) is 4.54. The molecule has 1 aromatic carbocycles. The molecule has 20 heavy (non-hydrogen) atoms. The van der Waals surface area contributed by atoms with Gasteiger partial charge in [0.1, 0.15) is 5.75 Å². The molecule has 6 heteroatoms. The number of nitrogens with one attached hydrogen (secondary N) is 2. The minimum Gasteiger partial charge on any atom is -0.493 e. The Kier molecular flexibility index (Phi) is 4.70. The van der Waals surface area contributed by atoms with Crippen LogP contribution in [0.4, 0.5) is 5.82 Å². The van der Waals surface area contributed by atoms with Gasteiger partial charge in [0.05, 0.1) is 12.8 Å². The molecule has 2 rings (SSSR count). The topological polar surface area (TPSA) is 79.9 Å². The second kappa shape index (κ2) is 6.70. The van der Waals surface area contributed by atoms with Gasteiger partial charge < -0.3 is 10.1 Å². The zero-order valence-electron chi connectivity index (χ0n) is 11.6. The molecule has 0 unspecified atom stereocenters. The number of ether oxygens (including phenoxy) is 1. The van der Waals surface area contributed by atoms with E-state index in [4.69, 9.17) is 4.74 Å². The molecule has 0 radical (unpaired) electrons. The van der Waals surface area contributed by atoms with Gasteiger partial charge in [-0.15, -0.1) is 5.10 Å². The maximum Gasteiger partial charge on any atom is 0.225 e. The Morgan fingerprint density at radius 2 is 2.10 bits per heavy atom. The highest BCUT2D eigenvalue weighted by Gasteiger charge is 2.06. The van der Waals surface area contributed by atoms with Crippen LogP contribution in [-0.4, -0.2) is 27.9 Å². The first-order valence-corrected chi connectivity index (χ1v) is 6.51. The fraction of sp³-hybridized carbons (Fsp3) is 0.357. The van der Waals surface area contributed by atoms with E-state index in [1.807, 2.05) is 32.0 Å². The Morgan fingerprint density at radius 3 is 2.75 bits per heavy atom. The number of carbonyl (C=O) groups excluding carboxylic acids is 1. The Morgan fingerprint density at radius 1 is 1.35 bits per heavy atom. The highest BCUT2D eigenvalue weighted by atomic mass is 16.5. The summed E-state index contributed by atoms with van der Waals surface area (Å²) < 4.78 is 5.74. The summed E-state index contributed by atoms with van der Waals surface area (Å²) in [5.74, 6) is 1.25. The molecule has 0 fully saturated rings. The molecule has 1 amide bonds. The van der Waals surface area contributed by atoms with E-state index < -0.39 is 0 Å². The summed E-state index contributed by atoms with van der Waals surface area (Å²) in [7, 11) is 0. The van der Waals surface area contributed by atoms with Crippen LogP contribution in [0.5, 0.6) is 5.75 Å². The average molecular weight is 274 g/mol. The lowest BCUT2D eigenvalue weighted by Crippen LogP contribution is -2.13. The van der Waals surface area contributed by atoms with Crippen molar-refractivity contribution in [2.45, 2.75) is 26.7 Å². The Labute approximate surface area is 117 Å². The molecule has 1 aromatic heterocycles. The quantitative estimate of drug-likeness (QED) is 0.791. The molecule has 0 aliphatic rings. The third-order valence-electron chi connectivity index (χ3n) is 2.89. The first-order valence-electron chi connectivity index (χ1n) is 6.51. The van der Waals surface area contributed by atoms with Gasteiger partial charge in [-0.3, -0.25) is 4.79 Å². The molecule has 0 atom stereocenters. The van der Waals surface area contributed by atoms with Crippen LogP contribution in [0.15, 0.2) is 24.4 Å². The molecule has 2 aromatic rings. The fourth-order valence-electron chi connectivity index (χ4n) is 1.90. The van der Waals surface area contributed by atoms with Crippen molar-refractivity contribution < 1.29 is 9.53 Å². The van der Waals surface area contributed by atoms with Gasteiger partial charge >= 0.3 is 0 Å². The molecule has 0 aliphatic heterocycles. The van der Waals surface area contributed by atoms with Gasteiger partial charge in [-0.2, -0.15) is 10.3 Å². The summed E-state index contributed by atoms with van der Waals surface area (Å²) in [6, 6.07) is 6.03. The average Bonchev–Trinajstić information content (AvgIpc) is 2.90. The molecular formula is C14H18N4O2. The molecular weight excluding hydrogens is 256 g/mol. The number of hydrogen-bond donors (Lipinski definition) is 2. The number of rotatable bonds is 6. The second-order valence-electron chi connectivity index (χ2n) is 4.58. The van der Waals surface area contributed by atoms with Crippen LogP contribution in [0.25, 0.3) is 0 Å². The van der Waals surface area contributed by atoms with Gasteiger partial charge in [0, 0.05) is 6.42 Å². The monoisotopic (exact) mass is 274 g/mol. The Bertz CT molecular complexity index is 546. The molecule has 6 nitrogen and oxygen atoms in total. The third-order valence-corrected chi connectivity index (χ3v) is 2.89. The molecule has 0 saturated carbocycles. The Hall–Kier alpha value is -2.37. The predicted molar refractivity (Wildman–Crippen MR) is 75.7 cm³/mol. The number of benzene rings is 1. The maximum absolute atomic E-state index is 11.6. The van der Waals surface area contributed by atoms with Crippen LogP contribution in [-0.2, 0) is 4.79 Å². The lowest BCUT2D eigenvalue weighted by atomic mass is 10.1. The minimum absolute atomic E-state index is 0.0935. The summed E-state index contributed by atoms with van der Waals surface area (Å²) >= 11 is 0. The van der Waals surface area contributed by atoms with E-state index in [1.165, 1.54) is 6.20 Å². The zero-order chi connectivity index (χ0) is 14.4. The summed E-state index contributed by atoms with van der Waals surface area (Å²) in [5.41, 5.74) is 2.22. The number of anilines is 1. The molecule has 0 saturated heterocycles. The molecule has 0 aliphatic carbocycles. The number of amides is 1. The van der Waals surface area contributed by atoms with Crippen LogP contribution in [0.3, 0.4) is 0 Å². The number of aryl methyl sites for hydroxylation is 2. The van der Waals surface area contributed by atoms with E-state index in [2.05, 4.69) is 20.7 Å². The van der Waals surface area contributed by atoms with E-state index >= 15 is 0 Å². The van der Waals surface area contributed by atoms with Crippen LogP contribution in [0.2, 0.25) is 0 Å². The predicted octanol–water partition coefficient (Wildman–Crippen LogP) is 2.22. The standard InChI is InChI=1S/C14H18N4O2/c1-10-5-3-6-11(2)14(10)20-8-4-7-13(19)16-12-9-15-18-17-12/h3,5-6,9H,4,7-8H2,1-2H3,(H2,15,16,17,18,19). The highest BCUT2D eigenvalue weighted by Crippen LogP contribution is 2.22. The second-order valence-corrected chi connectivity index (χ2v) is 4.58. The van der Waals surface area contributed by atoms with Gasteiger partial charge in [-0.25, -0.2) is 0 Å². The number of H-pyrrole nitrogens is 1. The van der Waals surface area contributed by atoms with Crippen molar-refractivity contribution in [1.82, 2.24) is 15.4 Å². The SMILES string of the molecule is Cc1cccc(C)c1OCCCC(=O)Nc1cn[nH]n1. The van der Waals surface area contributed by atoms with E-state index in [9.17, 15) is 4.79 Å². The molecule has 106 valence electrons. The minimum atomic E-state index is -0.0935. The van der Waals surface area contributed by atoms with Gasteiger partial charge in [-0.05, 0) is 31.4 Å². The fourth-order valence-corrected chi connectivity index (χ4v) is 1.90.